The van der Waals surface area contributed by atoms with Crippen LogP contribution in [-0.2, 0) is 6.54 Å². The number of hydrogen-bond acceptors (Lipinski definition) is 6. The van der Waals surface area contributed by atoms with E-state index in [2.05, 4.69) is 75.0 Å². The number of anilines is 3. The normalized spacial score (nSPS) is 11.0. The fourth-order valence-electron chi connectivity index (χ4n) is 4.28. The third-order valence-corrected chi connectivity index (χ3v) is 6.22. The number of H-pyrrole nitrogens is 1. The minimum atomic E-state index is 0.446. The van der Waals surface area contributed by atoms with Crippen LogP contribution in [0.5, 0.6) is 0 Å². The van der Waals surface area contributed by atoms with Gasteiger partial charge in [-0.25, -0.2) is 10.1 Å². The van der Waals surface area contributed by atoms with E-state index in [9.17, 15) is 0 Å². The van der Waals surface area contributed by atoms with E-state index in [1.165, 1.54) is 5.56 Å². The summed E-state index contributed by atoms with van der Waals surface area (Å²) in [5.74, 6) is 1.91. The number of halogens is 1. The van der Waals surface area contributed by atoms with Crippen LogP contribution in [0.25, 0.3) is 22.6 Å². The molecular formula is C29H28ClN7. The molecule has 0 aliphatic heterocycles. The number of aromatic nitrogens is 5. The highest BCUT2D eigenvalue weighted by Crippen LogP contribution is 2.34. The van der Waals surface area contributed by atoms with Crippen molar-refractivity contribution in [2.45, 2.75) is 20.4 Å². The largest absolute Gasteiger partial charge is 0.354 e. The molecule has 0 unspecified atom stereocenters. The summed E-state index contributed by atoms with van der Waals surface area (Å²) in [6.45, 7) is 6.03. The summed E-state index contributed by atoms with van der Waals surface area (Å²) in [6, 6.07) is 30.3. The average Bonchev–Trinajstić information content (AvgIpc) is 3.45. The molecule has 37 heavy (non-hydrogen) atoms. The molecule has 2 aromatic heterocycles. The van der Waals surface area contributed by atoms with Crippen LogP contribution in [0.15, 0.2) is 91.0 Å². The second-order valence-electron chi connectivity index (χ2n) is 9.26. The highest BCUT2D eigenvalue weighted by molar-refractivity contribution is 6.33. The first-order valence-corrected chi connectivity index (χ1v) is 12.6. The van der Waals surface area contributed by atoms with Crippen LogP contribution in [0.2, 0.25) is 5.02 Å². The number of aromatic amines is 1. The van der Waals surface area contributed by atoms with E-state index in [0.29, 0.717) is 16.8 Å². The SMILES string of the molecule is CC(C)CN(Cc1ccccc1)c1cc(Nc2ccccc2Cl)cc(-c2ccccc2-c2nnn[nH]2)n1. The van der Waals surface area contributed by atoms with E-state index in [0.717, 1.165) is 47.1 Å². The van der Waals surface area contributed by atoms with E-state index in [-0.39, 0.29) is 0 Å². The van der Waals surface area contributed by atoms with Crippen LogP contribution in [0.4, 0.5) is 17.2 Å². The van der Waals surface area contributed by atoms with E-state index in [1.807, 2.05) is 60.7 Å². The third-order valence-electron chi connectivity index (χ3n) is 5.89. The molecule has 2 heterocycles. The molecule has 0 fully saturated rings. The molecule has 0 amide bonds. The highest BCUT2D eigenvalue weighted by atomic mass is 35.5. The Labute approximate surface area is 221 Å². The molecule has 0 aliphatic rings. The van der Waals surface area contributed by atoms with Crippen molar-refractivity contribution in [3.8, 4) is 22.6 Å². The number of rotatable bonds is 9. The molecule has 0 saturated carbocycles. The smallest absolute Gasteiger partial charge is 0.180 e. The number of tetrazole rings is 1. The molecule has 186 valence electrons. The molecule has 8 heteroatoms. The summed E-state index contributed by atoms with van der Waals surface area (Å²) in [4.78, 5) is 7.48. The lowest BCUT2D eigenvalue weighted by Crippen LogP contribution is -2.28. The van der Waals surface area contributed by atoms with Crippen LogP contribution in [-0.4, -0.2) is 32.2 Å². The topological polar surface area (TPSA) is 82.6 Å². The van der Waals surface area contributed by atoms with Crippen molar-refractivity contribution in [1.82, 2.24) is 25.6 Å². The van der Waals surface area contributed by atoms with E-state index >= 15 is 0 Å². The fourth-order valence-corrected chi connectivity index (χ4v) is 4.46. The van der Waals surface area contributed by atoms with Gasteiger partial charge >= 0.3 is 0 Å². The molecule has 2 N–H and O–H groups in total. The van der Waals surface area contributed by atoms with Gasteiger partial charge in [0.1, 0.15) is 5.82 Å². The lowest BCUT2D eigenvalue weighted by atomic mass is 10.0. The molecular weight excluding hydrogens is 482 g/mol. The highest BCUT2D eigenvalue weighted by Gasteiger charge is 2.17. The van der Waals surface area contributed by atoms with Crippen LogP contribution < -0.4 is 10.2 Å². The first kappa shape index (κ1) is 24.5. The van der Waals surface area contributed by atoms with Crippen molar-refractivity contribution in [1.29, 1.82) is 0 Å². The average molecular weight is 510 g/mol. The van der Waals surface area contributed by atoms with Crippen molar-refractivity contribution in [3.63, 3.8) is 0 Å². The van der Waals surface area contributed by atoms with Gasteiger partial charge in [0.2, 0.25) is 0 Å². The summed E-state index contributed by atoms with van der Waals surface area (Å²) < 4.78 is 0. The van der Waals surface area contributed by atoms with Gasteiger partial charge in [-0.1, -0.05) is 92.2 Å². The Morgan fingerprint density at radius 1 is 0.892 bits per heavy atom. The molecule has 5 rings (SSSR count). The number of nitrogens with one attached hydrogen (secondary N) is 2. The van der Waals surface area contributed by atoms with Gasteiger partial charge in [-0.15, -0.1) is 5.10 Å². The molecule has 0 bridgehead atoms. The van der Waals surface area contributed by atoms with Gasteiger partial charge in [0.15, 0.2) is 5.82 Å². The number of pyridine rings is 1. The Morgan fingerprint density at radius 2 is 1.62 bits per heavy atom. The monoisotopic (exact) mass is 509 g/mol. The zero-order valence-corrected chi connectivity index (χ0v) is 21.5. The van der Waals surface area contributed by atoms with E-state index in [4.69, 9.17) is 16.6 Å². The van der Waals surface area contributed by atoms with Gasteiger partial charge in [0.25, 0.3) is 0 Å². The van der Waals surface area contributed by atoms with Gasteiger partial charge < -0.3 is 10.2 Å². The quantitative estimate of drug-likeness (QED) is 0.223. The molecule has 0 spiro atoms. The molecule has 3 aromatic carbocycles. The molecule has 0 aliphatic carbocycles. The minimum absolute atomic E-state index is 0.446. The van der Waals surface area contributed by atoms with Crippen molar-refractivity contribution < 1.29 is 0 Å². The maximum atomic E-state index is 6.49. The zero-order chi connectivity index (χ0) is 25.6. The first-order valence-electron chi connectivity index (χ1n) is 12.2. The second-order valence-corrected chi connectivity index (χ2v) is 9.67. The van der Waals surface area contributed by atoms with Crippen LogP contribution >= 0.6 is 11.6 Å². The van der Waals surface area contributed by atoms with Gasteiger partial charge in [0.05, 0.1) is 16.4 Å². The Balaban J connectivity index is 1.63. The van der Waals surface area contributed by atoms with E-state index < -0.39 is 0 Å². The number of para-hydroxylation sites is 1. The summed E-state index contributed by atoms with van der Waals surface area (Å²) >= 11 is 6.49. The summed E-state index contributed by atoms with van der Waals surface area (Å²) in [6.07, 6.45) is 0. The van der Waals surface area contributed by atoms with Gasteiger partial charge in [-0.3, -0.25) is 0 Å². The Kier molecular flexibility index (Phi) is 7.42. The minimum Gasteiger partial charge on any atom is -0.354 e. The van der Waals surface area contributed by atoms with Crippen molar-refractivity contribution in [2.24, 2.45) is 5.92 Å². The van der Waals surface area contributed by atoms with Crippen molar-refractivity contribution in [3.05, 3.63) is 102 Å². The number of hydrogen-bond donors (Lipinski definition) is 2. The molecule has 0 radical (unpaired) electrons. The summed E-state index contributed by atoms with van der Waals surface area (Å²) in [5, 5.41) is 18.7. The fraction of sp³-hybridized carbons (Fsp3) is 0.172. The lowest BCUT2D eigenvalue weighted by molar-refractivity contribution is 0.605. The van der Waals surface area contributed by atoms with Crippen LogP contribution in [0.3, 0.4) is 0 Å². The first-order chi connectivity index (χ1) is 18.1. The second kappa shape index (κ2) is 11.2. The zero-order valence-electron chi connectivity index (χ0n) is 20.8. The van der Waals surface area contributed by atoms with Crippen molar-refractivity contribution in [2.75, 3.05) is 16.8 Å². The molecule has 7 nitrogen and oxygen atoms in total. The van der Waals surface area contributed by atoms with Gasteiger partial charge in [-0.05, 0) is 40.1 Å². The maximum Gasteiger partial charge on any atom is 0.180 e. The van der Waals surface area contributed by atoms with Crippen LogP contribution in [0.1, 0.15) is 19.4 Å². The Hall–Kier alpha value is -4.23. The summed E-state index contributed by atoms with van der Waals surface area (Å²) in [5.41, 5.74) is 5.55. The predicted molar refractivity (Wildman–Crippen MR) is 150 cm³/mol. The lowest BCUT2D eigenvalue weighted by Gasteiger charge is -2.27. The van der Waals surface area contributed by atoms with E-state index in [1.54, 1.807) is 0 Å². The third kappa shape index (κ3) is 5.95. The Bertz CT molecular complexity index is 1450. The number of benzene rings is 3. The maximum absolute atomic E-state index is 6.49. The number of nitrogens with zero attached hydrogens (tertiary/aromatic N) is 5. The predicted octanol–water partition coefficient (Wildman–Crippen LogP) is 6.99. The van der Waals surface area contributed by atoms with Gasteiger partial charge in [-0.2, -0.15) is 0 Å². The Morgan fingerprint density at radius 3 is 2.35 bits per heavy atom. The molecule has 0 saturated heterocycles. The standard InChI is InChI=1S/C29H28ClN7/c1-20(2)18-37(19-21-10-4-3-5-11-21)28-17-22(31-26-15-9-8-14-25(26)30)16-27(32-28)23-12-6-7-13-24(23)29-33-35-36-34-29/h3-17,20H,18-19H2,1-2H3,(H,31,32)(H,33,34,35,36). The summed E-state index contributed by atoms with van der Waals surface area (Å²) in [7, 11) is 0. The molecule has 0 atom stereocenters. The van der Waals surface area contributed by atoms with Crippen LogP contribution in [0, 0.1) is 5.92 Å². The molecule has 5 aromatic rings. The van der Waals surface area contributed by atoms with Crippen molar-refractivity contribution >= 4 is 28.8 Å². The van der Waals surface area contributed by atoms with Gasteiger partial charge in [0, 0.05) is 36.0 Å².